The molecular weight excluding hydrogens is 468 g/mol. The first-order chi connectivity index (χ1) is 17.8. The van der Waals surface area contributed by atoms with Gasteiger partial charge in [-0.05, 0) is 61.3 Å². The lowest BCUT2D eigenvalue weighted by molar-refractivity contribution is -0.147. The molecule has 0 unspecified atom stereocenters. The Kier molecular flexibility index (Phi) is 8.90. The van der Waals surface area contributed by atoms with Crippen molar-refractivity contribution in [2.75, 3.05) is 6.61 Å². The van der Waals surface area contributed by atoms with Crippen LogP contribution in [0.1, 0.15) is 68.6 Å². The second kappa shape index (κ2) is 11.9. The summed E-state index contributed by atoms with van der Waals surface area (Å²) in [6, 6.07) is 15.3. The number of esters is 1. The second-order valence-electron chi connectivity index (χ2n) is 11.0. The van der Waals surface area contributed by atoms with E-state index in [-0.39, 0.29) is 25.2 Å². The van der Waals surface area contributed by atoms with E-state index in [0.29, 0.717) is 37.9 Å². The summed E-state index contributed by atoms with van der Waals surface area (Å²) in [5.74, 6) is -0.0314. The van der Waals surface area contributed by atoms with Gasteiger partial charge in [0.1, 0.15) is 12.4 Å². The molecule has 6 N–H and O–H groups in total. The molecule has 0 aromatic heterocycles. The van der Waals surface area contributed by atoms with Gasteiger partial charge in [-0.25, -0.2) is 4.79 Å². The molecule has 2 aliphatic carbocycles. The van der Waals surface area contributed by atoms with E-state index in [4.69, 9.17) is 20.9 Å². The largest absolute Gasteiger partial charge is 0.482 e. The van der Waals surface area contributed by atoms with Crippen LogP contribution in [-0.4, -0.2) is 46.1 Å². The first kappa shape index (κ1) is 27.6. The van der Waals surface area contributed by atoms with E-state index in [1.165, 1.54) is 0 Å². The van der Waals surface area contributed by atoms with Gasteiger partial charge in [0.15, 0.2) is 6.61 Å². The zero-order valence-corrected chi connectivity index (χ0v) is 21.9. The van der Waals surface area contributed by atoms with E-state index < -0.39 is 23.2 Å². The van der Waals surface area contributed by atoms with Gasteiger partial charge in [0, 0.05) is 17.0 Å². The third-order valence-corrected chi connectivity index (χ3v) is 8.37. The van der Waals surface area contributed by atoms with Gasteiger partial charge in [0.05, 0.1) is 12.2 Å². The number of unbranched alkanes of at least 4 members (excludes halogenated alkanes) is 2. The summed E-state index contributed by atoms with van der Waals surface area (Å²) in [4.78, 5) is 12.3. The van der Waals surface area contributed by atoms with Crippen LogP contribution in [0, 0.1) is 5.92 Å². The number of fused-ring (bicyclic) bond motifs is 2. The number of nitrogens with two attached hydrogens (primary N) is 2. The Bertz CT molecular complexity index is 1050. The smallest absolute Gasteiger partial charge is 0.344 e. The van der Waals surface area contributed by atoms with Crippen molar-refractivity contribution in [1.29, 1.82) is 0 Å². The Balaban J connectivity index is 1.40. The van der Waals surface area contributed by atoms with Crippen molar-refractivity contribution in [2.24, 2.45) is 17.4 Å². The molecule has 0 bridgehead atoms. The molecule has 0 amide bonds. The quantitative estimate of drug-likeness (QED) is 0.254. The number of benzene rings is 2. The number of carbonyl (C=O) groups is 1. The number of aliphatic hydroxyl groups excluding tert-OH is 2. The minimum Gasteiger partial charge on any atom is -0.482 e. The minimum atomic E-state index is -0.801. The molecule has 202 valence electrons. The summed E-state index contributed by atoms with van der Waals surface area (Å²) >= 11 is 0. The molecule has 7 heteroatoms. The van der Waals surface area contributed by atoms with Gasteiger partial charge in [-0.15, -0.1) is 0 Å². The molecule has 2 aliphatic rings. The molecule has 0 saturated heterocycles. The van der Waals surface area contributed by atoms with Gasteiger partial charge in [0.2, 0.25) is 0 Å². The van der Waals surface area contributed by atoms with Gasteiger partial charge < -0.3 is 31.2 Å². The predicted molar refractivity (Wildman–Crippen MR) is 143 cm³/mol. The highest BCUT2D eigenvalue weighted by Gasteiger charge is 2.61. The summed E-state index contributed by atoms with van der Waals surface area (Å²) in [7, 11) is 0. The average Bonchev–Trinajstić information content (AvgIpc) is 3.07. The van der Waals surface area contributed by atoms with Crippen molar-refractivity contribution in [3.63, 3.8) is 0 Å². The number of carbonyl (C=O) groups excluding carboxylic acids is 1. The normalized spacial score (nSPS) is 27.3. The lowest BCUT2D eigenvalue weighted by Gasteiger charge is -2.48. The molecule has 37 heavy (non-hydrogen) atoms. The van der Waals surface area contributed by atoms with Crippen molar-refractivity contribution in [3.8, 4) is 5.75 Å². The summed E-state index contributed by atoms with van der Waals surface area (Å²) < 4.78 is 11.2. The van der Waals surface area contributed by atoms with Gasteiger partial charge in [-0.3, -0.25) is 0 Å². The summed E-state index contributed by atoms with van der Waals surface area (Å²) in [5.41, 5.74) is 15.3. The molecular formula is C30H42N2O5. The van der Waals surface area contributed by atoms with Crippen LogP contribution in [-0.2, 0) is 29.0 Å². The highest BCUT2D eigenvalue weighted by atomic mass is 16.6. The number of hydrogen-bond acceptors (Lipinski definition) is 7. The molecule has 4 rings (SSSR count). The Labute approximate surface area is 220 Å². The molecule has 1 fully saturated rings. The summed E-state index contributed by atoms with van der Waals surface area (Å²) in [5, 5.41) is 21.5. The number of rotatable bonds is 12. The first-order valence-corrected chi connectivity index (χ1v) is 13.6. The fourth-order valence-corrected chi connectivity index (χ4v) is 6.22. The van der Waals surface area contributed by atoms with Crippen molar-refractivity contribution in [2.45, 2.75) is 94.6 Å². The number of ether oxygens (including phenoxy) is 2. The molecule has 0 aliphatic heterocycles. The summed E-state index contributed by atoms with van der Waals surface area (Å²) in [6.45, 7) is 2.15. The number of aliphatic hydroxyl groups is 2. The Morgan fingerprint density at radius 1 is 1.08 bits per heavy atom. The molecule has 5 atom stereocenters. The van der Waals surface area contributed by atoms with Gasteiger partial charge in [-0.1, -0.05) is 68.7 Å². The highest BCUT2D eigenvalue weighted by Crippen LogP contribution is 2.51. The van der Waals surface area contributed by atoms with Crippen molar-refractivity contribution >= 4 is 5.97 Å². The molecule has 1 saturated carbocycles. The molecule has 7 nitrogen and oxygen atoms in total. The zero-order valence-electron chi connectivity index (χ0n) is 21.9. The van der Waals surface area contributed by atoms with Crippen LogP contribution in [0.25, 0.3) is 0 Å². The standard InChI is InChI=1S/C30H42N2O5/c1-2-3-5-12-23(33)14-15-25-26(34)18-29(31)17-24-22(16-30(25,29)32)11-8-13-27(24)36-20-28(35)37-19-21-9-6-4-7-10-21/h4,6-11,13,23,25-26,33-34H,2-3,5,12,14-20,31-32H2,1H3/t23-,25-,26+,29+,30-/m0/s1. The minimum absolute atomic E-state index is 0.191. The monoisotopic (exact) mass is 510 g/mol. The van der Waals surface area contributed by atoms with Gasteiger partial charge >= 0.3 is 5.97 Å². The maximum Gasteiger partial charge on any atom is 0.344 e. The third kappa shape index (κ3) is 6.17. The number of hydrogen-bond donors (Lipinski definition) is 4. The van der Waals surface area contributed by atoms with Crippen molar-refractivity contribution in [3.05, 3.63) is 65.2 Å². The van der Waals surface area contributed by atoms with Gasteiger partial charge in [0.25, 0.3) is 0 Å². The van der Waals surface area contributed by atoms with Gasteiger partial charge in [-0.2, -0.15) is 0 Å². The van der Waals surface area contributed by atoms with Crippen LogP contribution >= 0.6 is 0 Å². The molecule has 0 spiro atoms. The third-order valence-electron chi connectivity index (χ3n) is 8.37. The summed E-state index contributed by atoms with van der Waals surface area (Å²) in [6.07, 6.45) is 5.64. The Hall–Kier alpha value is -2.45. The zero-order chi connectivity index (χ0) is 26.5. The van der Waals surface area contributed by atoms with Crippen LogP contribution in [0.3, 0.4) is 0 Å². The van der Waals surface area contributed by atoms with Crippen molar-refractivity contribution < 1.29 is 24.5 Å². The van der Waals surface area contributed by atoms with Crippen molar-refractivity contribution in [1.82, 2.24) is 0 Å². The van der Waals surface area contributed by atoms with Crippen LogP contribution < -0.4 is 16.2 Å². The molecule has 2 aromatic rings. The predicted octanol–water partition coefficient (Wildman–Crippen LogP) is 3.40. The molecule has 0 heterocycles. The van der Waals surface area contributed by atoms with E-state index in [2.05, 4.69) is 6.92 Å². The van der Waals surface area contributed by atoms with Crippen LogP contribution in [0.15, 0.2) is 48.5 Å². The van der Waals surface area contributed by atoms with Crippen LogP contribution in [0.4, 0.5) is 0 Å². The lowest BCUT2D eigenvalue weighted by atomic mass is 9.64. The van der Waals surface area contributed by atoms with Crippen LogP contribution in [0.5, 0.6) is 5.75 Å². The fraction of sp³-hybridized carbons (Fsp3) is 0.567. The first-order valence-electron chi connectivity index (χ1n) is 13.6. The maximum atomic E-state index is 12.3. The SMILES string of the molecule is CCCCC[C@H](O)CC[C@H]1[C@H](O)C[C@]2(N)Cc3c(cccc3OCC(=O)OCc3ccccc3)C[C@]12N. The lowest BCUT2D eigenvalue weighted by Crippen LogP contribution is -2.69. The Morgan fingerprint density at radius 2 is 1.86 bits per heavy atom. The van der Waals surface area contributed by atoms with E-state index in [9.17, 15) is 15.0 Å². The topological polar surface area (TPSA) is 128 Å². The molecule has 0 radical (unpaired) electrons. The molecule has 2 aromatic carbocycles. The van der Waals surface area contributed by atoms with E-state index in [1.807, 2.05) is 48.5 Å². The fourth-order valence-electron chi connectivity index (χ4n) is 6.22. The van der Waals surface area contributed by atoms with E-state index in [0.717, 1.165) is 42.4 Å². The Morgan fingerprint density at radius 3 is 2.62 bits per heavy atom. The van der Waals surface area contributed by atoms with E-state index >= 15 is 0 Å². The van der Waals surface area contributed by atoms with E-state index in [1.54, 1.807) is 0 Å². The van der Waals surface area contributed by atoms with Crippen LogP contribution in [0.2, 0.25) is 0 Å². The second-order valence-corrected chi connectivity index (χ2v) is 11.0. The average molecular weight is 511 g/mol. The highest BCUT2D eigenvalue weighted by molar-refractivity contribution is 5.71. The maximum absolute atomic E-state index is 12.3.